The Kier molecular flexibility index (Phi) is 10.00. The molecule has 1 unspecified atom stereocenters. The van der Waals surface area contributed by atoms with Crippen molar-refractivity contribution in [3.05, 3.63) is 82.8 Å². The number of halogens is 2. The van der Waals surface area contributed by atoms with Gasteiger partial charge in [0.15, 0.2) is 5.82 Å². The number of anilines is 1. The third-order valence-corrected chi connectivity index (χ3v) is 5.79. The molecule has 3 rings (SSSR count). The smallest absolute Gasteiger partial charge is 0.259 e. The van der Waals surface area contributed by atoms with Gasteiger partial charge in [-0.2, -0.15) is 0 Å². The number of nitrogens with zero attached hydrogens (tertiary/aromatic N) is 3. The highest BCUT2D eigenvalue weighted by Gasteiger charge is 2.18. The number of aromatic nitrogens is 2. The summed E-state index contributed by atoms with van der Waals surface area (Å²) in [7, 11) is 1.61. The summed E-state index contributed by atoms with van der Waals surface area (Å²) in [5, 5.41) is 3.83. The summed E-state index contributed by atoms with van der Waals surface area (Å²) in [6.07, 6.45) is 6.54. The fourth-order valence-corrected chi connectivity index (χ4v) is 3.86. The maximum atomic E-state index is 14.3. The molecule has 2 aromatic heterocycles. The molecule has 0 radical (unpaired) electrons. The number of carbonyl (C=O) groups is 1. The molecule has 0 aliphatic carbocycles. The fourth-order valence-electron chi connectivity index (χ4n) is 2.92. The minimum absolute atomic E-state index is 0.0948. The molecule has 0 fully saturated rings. The lowest BCUT2D eigenvalue weighted by Gasteiger charge is -2.13. The number of carbonyl (C=O) groups excluding carboxylic acids is 1. The Hall–Kier alpha value is -3.26. The van der Waals surface area contributed by atoms with E-state index in [2.05, 4.69) is 20.3 Å². The largest absolute Gasteiger partial charge is 0.312 e. The number of allylic oxidation sites excluding steroid dienone is 2. The number of nitrogens with one attached hydrogen (secondary N) is 1. The minimum atomic E-state index is -0.696. The van der Waals surface area contributed by atoms with Gasteiger partial charge >= 0.3 is 0 Å². The number of rotatable bonds is 7. The molecular weight excluding hydrogens is 442 g/mol. The number of aliphatic imine (C=N–C) groups is 1. The van der Waals surface area contributed by atoms with Crippen LogP contribution in [-0.4, -0.2) is 28.6 Å². The number of thiazole rings is 1. The van der Waals surface area contributed by atoms with Gasteiger partial charge in [0, 0.05) is 18.8 Å². The molecule has 0 saturated carbocycles. The first kappa shape index (κ1) is 26.0. The molecule has 0 aliphatic rings. The van der Waals surface area contributed by atoms with Gasteiger partial charge in [-0.1, -0.05) is 51.2 Å². The van der Waals surface area contributed by atoms with E-state index in [1.165, 1.54) is 35.9 Å². The van der Waals surface area contributed by atoms with Crippen molar-refractivity contribution in [1.82, 2.24) is 9.97 Å². The van der Waals surface area contributed by atoms with E-state index < -0.39 is 11.7 Å². The molecule has 0 aliphatic heterocycles. The van der Waals surface area contributed by atoms with Crippen molar-refractivity contribution in [2.24, 2.45) is 10.9 Å². The van der Waals surface area contributed by atoms with E-state index in [-0.39, 0.29) is 17.3 Å². The van der Waals surface area contributed by atoms with Gasteiger partial charge in [0.2, 0.25) is 0 Å². The average molecular weight is 471 g/mol. The molecule has 1 N–H and O–H groups in total. The van der Waals surface area contributed by atoms with Crippen molar-refractivity contribution in [2.75, 3.05) is 12.4 Å². The third kappa shape index (κ3) is 6.61. The molecule has 8 heteroatoms. The number of hydrogen-bond acceptors (Lipinski definition) is 5. The van der Waals surface area contributed by atoms with E-state index in [0.29, 0.717) is 21.3 Å². The molecule has 1 aromatic carbocycles. The van der Waals surface area contributed by atoms with E-state index in [0.717, 1.165) is 18.2 Å². The number of pyridine rings is 1. The highest BCUT2D eigenvalue weighted by Crippen LogP contribution is 2.32. The zero-order valence-electron chi connectivity index (χ0n) is 19.4. The van der Waals surface area contributed by atoms with Crippen molar-refractivity contribution in [3.63, 3.8) is 0 Å². The molecule has 5 nitrogen and oxygen atoms in total. The second-order valence-electron chi connectivity index (χ2n) is 6.84. The van der Waals surface area contributed by atoms with E-state index in [1.807, 2.05) is 33.8 Å². The van der Waals surface area contributed by atoms with Crippen LogP contribution in [0.3, 0.4) is 0 Å². The van der Waals surface area contributed by atoms with Crippen molar-refractivity contribution >= 4 is 33.5 Å². The maximum absolute atomic E-state index is 14.3. The number of amides is 1. The lowest BCUT2D eigenvalue weighted by molar-refractivity contribution is 0.102. The summed E-state index contributed by atoms with van der Waals surface area (Å²) in [4.78, 5) is 24.7. The SMILES string of the molecule is CC.CCC(C)/C(=C\C(=NC)c1ccccc1F)c1ncc(NC(=O)c2ccncc2F)s1. The first-order valence-electron chi connectivity index (χ1n) is 10.7. The van der Waals surface area contributed by atoms with Gasteiger partial charge in [0.05, 0.1) is 23.7 Å². The Balaban J connectivity index is 0.00000187. The quantitative estimate of drug-likeness (QED) is 0.394. The summed E-state index contributed by atoms with van der Waals surface area (Å²) < 4.78 is 28.1. The molecular formula is C25H28F2N4OS. The molecule has 2 heterocycles. The summed E-state index contributed by atoms with van der Waals surface area (Å²) in [6.45, 7) is 8.10. The van der Waals surface area contributed by atoms with Crippen molar-refractivity contribution in [1.29, 1.82) is 0 Å². The van der Waals surface area contributed by atoms with Gasteiger partial charge < -0.3 is 5.32 Å². The van der Waals surface area contributed by atoms with Crippen LogP contribution in [0.25, 0.3) is 5.57 Å². The van der Waals surface area contributed by atoms with Crippen LogP contribution in [0, 0.1) is 17.6 Å². The zero-order valence-corrected chi connectivity index (χ0v) is 20.2. The predicted molar refractivity (Wildman–Crippen MR) is 132 cm³/mol. The van der Waals surface area contributed by atoms with E-state index in [1.54, 1.807) is 25.2 Å². The van der Waals surface area contributed by atoms with Crippen LogP contribution in [0.4, 0.5) is 13.8 Å². The van der Waals surface area contributed by atoms with Crippen LogP contribution in [0.2, 0.25) is 0 Å². The first-order valence-corrected chi connectivity index (χ1v) is 11.6. The van der Waals surface area contributed by atoms with Gasteiger partial charge in [0.1, 0.15) is 15.8 Å². The first-order chi connectivity index (χ1) is 15.9. The average Bonchev–Trinajstić information content (AvgIpc) is 3.29. The van der Waals surface area contributed by atoms with Crippen LogP contribution < -0.4 is 5.32 Å². The molecule has 0 bridgehead atoms. The fraction of sp³-hybridized carbons (Fsp3) is 0.280. The van der Waals surface area contributed by atoms with Gasteiger partial charge in [-0.25, -0.2) is 13.8 Å². The lowest BCUT2D eigenvalue weighted by atomic mass is 9.96. The highest BCUT2D eigenvalue weighted by atomic mass is 32.1. The molecule has 0 spiro atoms. The van der Waals surface area contributed by atoms with Crippen molar-refractivity contribution in [3.8, 4) is 0 Å². The zero-order chi connectivity index (χ0) is 24.4. The molecule has 1 atom stereocenters. The Bertz CT molecular complexity index is 1140. The standard InChI is InChI=1S/C23H22F2N4OS.C2H6/c1-4-14(2)17(11-20(26-3)15-7-5-6-8-18(15)24)23-28-13-21(31-23)29-22(30)16-9-10-27-12-19(16)25;1-2/h5-14H,4H2,1-3H3,(H,29,30);1-2H3/b17-11+,26-20?;. The predicted octanol–water partition coefficient (Wildman–Crippen LogP) is 6.64. The van der Waals surface area contributed by atoms with Gasteiger partial charge in [-0.3, -0.25) is 14.8 Å². The molecule has 33 heavy (non-hydrogen) atoms. The molecule has 0 saturated heterocycles. The minimum Gasteiger partial charge on any atom is -0.312 e. The highest BCUT2D eigenvalue weighted by molar-refractivity contribution is 7.16. The summed E-state index contributed by atoms with van der Waals surface area (Å²) in [5.74, 6) is -1.50. The monoisotopic (exact) mass is 470 g/mol. The number of hydrogen-bond donors (Lipinski definition) is 1. The van der Waals surface area contributed by atoms with Crippen LogP contribution in [-0.2, 0) is 0 Å². The van der Waals surface area contributed by atoms with E-state index >= 15 is 0 Å². The molecule has 3 aromatic rings. The topological polar surface area (TPSA) is 67.2 Å². The maximum Gasteiger partial charge on any atom is 0.259 e. The van der Waals surface area contributed by atoms with Gasteiger partial charge in [-0.05, 0) is 42.2 Å². The van der Waals surface area contributed by atoms with Crippen LogP contribution in [0.1, 0.15) is 55.0 Å². The van der Waals surface area contributed by atoms with Crippen LogP contribution in [0.15, 0.2) is 60.0 Å². The molecule has 174 valence electrons. The Morgan fingerprint density at radius 3 is 2.52 bits per heavy atom. The van der Waals surface area contributed by atoms with Crippen LogP contribution in [0.5, 0.6) is 0 Å². The van der Waals surface area contributed by atoms with E-state index in [4.69, 9.17) is 0 Å². The number of benzene rings is 1. The third-order valence-electron chi connectivity index (χ3n) is 4.83. The second kappa shape index (κ2) is 12.7. The summed E-state index contributed by atoms with van der Waals surface area (Å²) >= 11 is 1.27. The summed E-state index contributed by atoms with van der Waals surface area (Å²) in [6, 6.07) is 7.78. The van der Waals surface area contributed by atoms with E-state index in [9.17, 15) is 13.6 Å². The van der Waals surface area contributed by atoms with Gasteiger partial charge in [-0.15, -0.1) is 0 Å². The Labute approximate surface area is 197 Å². The van der Waals surface area contributed by atoms with Crippen molar-refractivity contribution in [2.45, 2.75) is 34.1 Å². The molecule has 1 amide bonds. The van der Waals surface area contributed by atoms with Crippen LogP contribution >= 0.6 is 11.3 Å². The normalized spacial score (nSPS) is 12.6. The summed E-state index contributed by atoms with van der Waals surface area (Å²) in [5.41, 5.74) is 1.70. The Morgan fingerprint density at radius 2 is 1.88 bits per heavy atom. The van der Waals surface area contributed by atoms with Gasteiger partial charge in [0.25, 0.3) is 5.91 Å². The Morgan fingerprint density at radius 1 is 1.15 bits per heavy atom. The second-order valence-corrected chi connectivity index (χ2v) is 7.87. The lowest BCUT2D eigenvalue weighted by Crippen LogP contribution is -2.12. The van der Waals surface area contributed by atoms with Crippen molar-refractivity contribution < 1.29 is 13.6 Å².